The molecule has 0 N–H and O–H groups in total. The summed E-state index contributed by atoms with van der Waals surface area (Å²) in [6.07, 6.45) is 7.32. The lowest BCUT2D eigenvalue weighted by atomic mass is 9.98. The molecule has 0 aliphatic carbocycles. The van der Waals surface area contributed by atoms with Crippen LogP contribution in [0.4, 0.5) is 0 Å². The minimum atomic E-state index is -0.866. The number of methoxy groups -OCH3 is 1. The van der Waals surface area contributed by atoms with Crippen molar-refractivity contribution >= 4 is 29.6 Å². The first-order valence-electron chi connectivity index (χ1n) is 19.6. The lowest BCUT2D eigenvalue weighted by Gasteiger charge is -2.17. The Balaban J connectivity index is 1.46. The molecule has 0 spiro atoms. The minimum Gasteiger partial charge on any atom is -0.496 e. The van der Waals surface area contributed by atoms with Gasteiger partial charge in [0.25, 0.3) is 10.2 Å². The number of fused-ring (bicyclic) bond motifs is 1. The lowest BCUT2D eigenvalue weighted by Crippen LogP contribution is -2.13. The Bertz CT molecular complexity index is 2160. The van der Waals surface area contributed by atoms with Crippen LogP contribution in [0.15, 0.2) is 66.4 Å². The largest absolute Gasteiger partial charge is 0.496 e. The molecular weight excluding hydrogens is 804 g/mol. The first kappa shape index (κ1) is 44.7. The number of carbonyl (C=O) groups is 2. The summed E-state index contributed by atoms with van der Waals surface area (Å²) < 4.78 is 31.0. The summed E-state index contributed by atoms with van der Waals surface area (Å²) in [6.45, 7) is 2.97. The maximum Gasteiger partial charge on any atom is 0.338 e. The molecule has 18 heteroatoms. The van der Waals surface area contributed by atoms with Crippen LogP contribution >= 0.6 is 11.6 Å². The SMILES string of the molecule is CCCCn1ncc(C=C(Cc2cc3c(cc2OC)CCO3)C(=O)OCCCCO[N+](=O)[O-])c1-c1ccc(Cl)cc1OCc1ccccc1C(=O)OCCCCO[N+](=O)[O-]. The predicted molar refractivity (Wildman–Crippen MR) is 218 cm³/mol. The molecule has 0 amide bonds. The van der Waals surface area contributed by atoms with Crippen molar-refractivity contribution in [3.8, 4) is 28.5 Å². The monoisotopic (exact) mass is 850 g/mol. The van der Waals surface area contributed by atoms with E-state index >= 15 is 0 Å². The van der Waals surface area contributed by atoms with Gasteiger partial charge in [-0.2, -0.15) is 5.10 Å². The van der Waals surface area contributed by atoms with E-state index in [0.29, 0.717) is 94.4 Å². The van der Waals surface area contributed by atoms with Crippen LogP contribution in [0.5, 0.6) is 17.2 Å². The maximum atomic E-state index is 13.9. The second-order valence-electron chi connectivity index (χ2n) is 13.6. The lowest BCUT2D eigenvalue weighted by molar-refractivity contribution is -0.757. The zero-order valence-electron chi connectivity index (χ0n) is 33.4. The molecule has 0 unspecified atom stereocenters. The number of aromatic nitrogens is 2. The Morgan fingerprint density at radius 3 is 2.33 bits per heavy atom. The van der Waals surface area contributed by atoms with E-state index in [9.17, 15) is 29.8 Å². The van der Waals surface area contributed by atoms with Crippen molar-refractivity contribution in [3.63, 3.8) is 0 Å². The van der Waals surface area contributed by atoms with Gasteiger partial charge in [-0.15, -0.1) is 20.2 Å². The average Bonchev–Trinajstić information content (AvgIpc) is 3.87. The third kappa shape index (κ3) is 12.8. The van der Waals surface area contributed by atoms with Gasteiger partial charge in [0.05, 0.1) is 57.6 Å². The van der Waals surface area contributed by atoms with Gasteiger partial charge < -0.3 is 33.4 Å². The normalized spacial score (nSPS) is 11.9. The summed E-state index contributed by atoms with van der Waals surface area (Å²) in [5.41, 5.74) is 4.71. The van der Waals surface area contributed by atoms with Crippen LogP contribution < -0.4 is 14.2 Å². The highest BCUT2D eigenvalue weighted by Crippen LogP contribution is 2.38. The van der Waals surface area contributed by atoms with Crippen molar-refractivity contribution in [2.75, 3.05) is 40.1 Å². The number of hydrogen-bond donors (Lipinski definition) is 0. The number of halogens is 1. The van der Waals surface area contributed by atoms with E-state index in [0.717, 1.165) is 30.6 Å². The van der Waals surface area contributed by atoms with Gasteiger partial charge >= 0.3 is 11.9 Å². The van der Waals surface area contributed by atoms with Crippen LogP contribution in [-0.4, -0.2) is 72.0 Å². The number of aryl methyl sites for hydroxylation is 1. The summed E-state index contributed by atoms with van der Waals surface area (Å²) >= 11 is 6.54. The fourth-order valence-corrected chi connectivity index (χ4v) is 6.59. The molecule has 0 atom stereocenters. The number of unbranched alkanes of at least 4 members (excludes halogenated alkanes) is 3. The van der Waals surface area contributed by atoms with Gasteiger partial charge in [0, 0.05) is 57.8 Å². The van der Waals surface area contributed by atoms with Crippen LogP contribution in [0.3, 0.4) is 0 Å². The number of ether oxygens (including phenoxy) is 5. The summed E-state index contributed by atoms with van der Waals surface area (Å²) in [4.78, 5) is 56.6. The molecular formula is C42H47ClN4O13. The molecule has 320 valence electrons. The van der Waals surface area contributed by atoms with E-state index in [-0.39, 0.29) is 39.5 Å². The van der Waals surface area contributed by atoms with Gasteiger partial charge in [-0.1, -0.05) is 43.1 Å². The summed E-state index contributed by atoms with van der Waals surface area (Å²) in [7, 11) is 1.57. The van der Waals surface area contributed by atoms with E-state index in [2.05, 4.69) is 16.6 Å². The van der Waals surface area contributed by atoms with Crippen LogP contribution in [0.25, 0.3) is 17.3 Å². The van der Waals surface area contributed by atoms with Crippen LogP contribution in [0, 0.1) is 20.2 Å². The number of rotatable bonds is 25. The molecule has 0 fully saturated rings. The first-order valence-corrected chi connectivity index (χ1v) is 19.9. The molecule has 60 heavy (non-hydrogen) atoms. The van der Waals surface area contributed by atoms with E-state index in [4.69, 9.17) is 40.4 Å². The fourth-order valence-electron chi connectivity index (χ4n) is 6.42. The van der Waals surface area contributed by atoms with Gasteiger partial charge in [0.1, 0.15) is 23.9 Å². The molecule has 2 heterocycles. The van der Waals surface area contributed by atoms with Crippen molar-refractivity contribution in [3.05, 3.63) is 119 Å². The highest BCUT2D eigenvalue weighted by Gasteiger charge is 2.23. The molecule has 1 aliphatic heterocycles. The summed E-state index contributed by atoms with van der Waals surface area (Å²) in [5, 5.41) is 24.3. The topological polar surface area (TPSA) is 203 Å². The molecule has 4 aromatic rings. The van der Waals surface area contributed by atoms with Crippen molar-refractivity contribution in [2.24, 2.45) is 0 Å². The minimum absolute atomic E-state index is 0.00734. The predicted octanol–water partition coefficient (Wildman–Crippen LogP) is 7.83. The third-order valence-electron chi connectivity index (χ3n) is 9.41. The molecule has 17 nitrogen and oxygen atoms in total. The summed E-state index contributed by atoms with van der Waals surface area (Å²) in [6, 6.07) is 15.8. The molecule has 0 radical (unpaired) electrons. The number of esters is 2. The van der Waals surface area contributed by atoms with Crippen molar-refractivity contribution in [1.29, 1.82) is 0 Å². The van der Waals surface area contributed by atoms with Crippen LogP contribution in [0.2, 0.25) is 5.02 Å². The average molecular weight is 851 g/mol. The second-order valence-corrected chi connectivity index (χ2v) is 14.1. The number of carbonyl (C=O) groups excluding carboxylic acids is 2. The van der Waals surface area contributed by atoms with Crippen molar-refractivity contribution in [2.45, 2.75) is 71.4 Å². The van der Waals surface area contributed by atoms with Crippen LogP contribution in [0.1, 0.15) is 78.1 Å². The Labute approximate surface area is 351 Å². The zero-order valence-corrected chi connectivity index (χ0v) is 34.2. The Morgan fingerprint density at radius 2 is 1.62 bits per heavy atom. The highest BCUT2D eigenvalue weighted by molar-refractivity contribution is 6.30. The van der Waals surface area contributed by atoms with Gasteiger partial charge in [0.15, 0.2) is 0 Å². The van der Waals surface area contributed by atoms with E-state index in [1.165, 1.54) is 0 Å². The highest BCUT2D eigenvalue weighted by atomic mass is 35.5. The number of nitrogens with zero attached hydrogens (tertiary/aromatic N) is 4. The Morgan fingerprint density at radius 1 is 0.900 bits per heavy atom. The van der Waals surface area contributed by atoms with Crippen molar-refractivity contribution in [1.82, 2.24) is 9.78 Å². The van der Waals surface area contributed by atoms with Gasteiger partial charge in [0.2, 0.25) is 0 Å². The van der Waals surface area contributed by atoms with E-state index in [1.54, 1.807) is 55.8 Å². The van der Waals surface area contributed by atoms with E-state index < -0.39 is 22.1 Å². The second kappa shape index (κ2) is 22.7. The van der Waals surface area contributed by atoms with Crippen LogP contribution in [-0.2, 0) is 49.9 Å². The first-order chi connectivity index (χ1) is 29.1. The molecule has 0 bridgehead atoms. The van der Waals surface area contributed by atoms with E-state index in [1.807, 2.05) is 22.9 Å². The quantitative estimate of drug-likeness (QED) is 0.0205. The fraction of sp³-hybridized carbons (Fsp3) is 0.405. The maximum absolute atomic E-state index is 13.9. The zero-order chi connectivity index (χ0) is 42.9. The van der Waals surface area contributed by atoms with Gasteiger partial charge in [-0.25, -0.2) is 9.59 Å². The molecule has 5 rings (SSSR count). The standard InChI is InChI=1S/C42H47ClN4O13/c1-3-4-16-45-40(36-14-13-34(43)26-39(36)58-28-30-11-5-6-12-35(30)42(49)57-18-8-10-20-60-47(52)53)33(27-44-45)23-32(41(48)56-17-7-9-19-59-46(50)51)22-31-25-38-29(15-21-55-38)24-37(31)54-2/h5-6,11-14,23-27H,3-4,7-10,15-22,28H2,1-2H3. The van der Waals surface area contributed by atoms with Gasteiger partial charge in [-0.3, -0.25) is 4.68 Å². The molecule has 0 saturated heterocycles. The van der Waals surface area contributed by atoms with Gasteiger partial charge in [-0.05, 0) is 74.6 Å². The Hall–Kier alpha value is -6.36. The number of hydrogen-bond acceptors (Lipinski definition) is 14. The number of benzene rings is 3. The molecule has 1 aliphatic rings. The molecule has 3 aromatic carbocycles. The molecule has 1 aromatic heterocycles. The summed E-state index contributed by atoms with van der Waals surface area (Å²) in [5.74, 6) is 0.533. The molecule has 0 saturated carbocycles. The van der Waals surface area contributed by atoms with Crippen molar-refractivity contribution < 1.29 is 53.1 Å². The Kier molecular flexibility index (Phi) is 16.9. The third-order valence-corrected chi connectivity index (χ3v) is 9.65. The smallest absolute Gasteiger partial charge is 0.338 e.